The Morgan fingerprint density at radius 1 is 1.39 bits per heavy atom. The number of aromatic amines is 1. The van der Waals surface area contributed by atoms with E-state index in [0.29, 0.717) is 0 Å². The Bertz CT molecular complexity index is 573. The fourth-order valence-electron chi connectivity index (χ4n) is 2.28. The van der Waals surface area contributed by atoms with E-state index in [1.807, 2.05) is 39.1 Å². The maximum atomic E-state index is 11.7. The molecule has 0 saturated carbocycles. The van der Waals surface area contributed by atoms with E-state index in [-0.39, 0.29) is 5.91 Å². The Morgan fingerprint density at radius 2 is 2.11 bits per heavy atom. The van der Waals surface area contributed by atoms with Gasteiger partial charge in [-0.25, -0.2) is 0 Å². The van der Waals surface area contributed by atoms with E-state index in [2.05, 4.69) is 16.9 Å². The lowest BCUT2D eigenvalue weighted by molar-refractivity contribution is -0.116. The molecule has 2 N–H and O–H groups in total. The maximum Gasteiger partial charge on any atom is 0.251 e. The number of aryl methyl sites for hydroxylation is 1. The number of allylic oxidation sites excluding steroid dienone is 1. The van der Waals surface area contributed by atoms with Crippen LogP contribution in [0.1, 0.15) is 37.1 Å². The van der Waals surface area contributed by atoms with E-state index < -0.39 is 0 Å². The van der Waals surface area contributed by atoms with Crippen LogP contribution in [0.5, 0.6) is 0 Å². The lowest BCUT2D eigenvalue weighted by Crippen LogP contribution is -2.16. The van der Waals surface area contributed by atoms with Gasteiger partial charge in [-0.1, -0.05) is 19.6 Å². The molecule has 1 aromatic heterocycles. The minimum absolute atomic E-state index is 0.0182. The standard InChI is InChI=1S/C15H18N2O/c1-5-11-9(3)8-16-14(11)7-13-10(4)12(6-2)15(18)17-13/h5,7-8,16H,1,6H2,2-4H3,(H,17,18)/b13-7-. The highest BCUT2D eigenvalue weighted by Gasteiger charge is 2.22. The molecule has 1 aliphatic heterocycles. The van der Waals surface area contributed by atoms with Gasteiger partial charge in [0.2, 0.25) is 0 Å². The van der Waals surface area contributed by atoms with Gasteiger partial charge in [0, 0.05) is 28.7 Å². The topological polar surface area (TPSA) is 44.9 Å². The molecule has 0 atom stereocenters. The monoisotopic (exact) mass is 242 g/mol. The Kier molecular flexibility index (Phi) is 3.24. The molecule has 0 saturated heterocycles. The number of carbonyl (C=O) groups is 1. The van der Waals surface area contributed by atoms with Gasteiger partial charge in [-0.05, 0) is 37.5 Å². The second kappa shape index (κ2) is 4.69. The highest BCUT2D eigenvalue weighted by Crippen LogP contribution is 2.25. The van der Waals surface area contributed by atoms with Gasteiger partial charge in [0.25, 0.3) is 5.91 Å². The minimum atomic E-state index is 0.0182. The van der Waals surface area contributed by atoms with Crippen molar-refractivity contribution in [2.24, 2.45) is 0 Å². The van der Waals surface area contributed by atoms with Gasteiger partial charge in [-0.2, -0.15) is 0 Å². The number of carbonyl (C=O) groups excluding carboxylic acids is 1. The molecule has 0 spiro atoms. The van der Waals surface area contributed by atoms with E-state index in [4.69, 9.17) is 0 Å². The summed E-state index contributed by atoms with van der Waals surface area (Å²) in [5.41, 5.74) is 5.98. The predicted octanol–water partition coefficient (Wildman–Crippen LogP) is 3.16. The van der Waals surface area contributed by atoms with E-state index in [0.717, 1.165) is 40.1 Å². The highest BCUT2D eigenvalue weighted by molar-refractivity contribution is 6.01. The predicted molar refractivity (Wildman–Crippen MR) is 74.7 cm³/mol. The third-order valence-corrected chi connectivity index (χ3v) is 3.38. The molecule has 0 fully saturated rings. The molecule has 0 aromatic carbocycles. The maximum absolute atomic E-state index is 11.7. The summed E-state index contributed by atoms with van der Waals surface area (Å²) in [5.74, 6) is 0.0182. The average molecular weight is 242 g/mol. The molecule has 0 unspecified atom stereocenters. The molecule has 1 amide bonds. The summed E-state index contributed by atoms with van der Waals surface area (Å²) in [6.07, 6.45) is 6.50. The number of hydrogen-bond acceptors (Lipinski definition) is 1. The molecule has 0 aliphatic carbocycles. The van der Waals surface area contributed by atoms with E-state index >= 15 is 0 Å². The zero-order valence-electron chi connectivity index (χ0n) is 11.1. The number of aromatic nitrogens is 1. The normalized spacial score (nSPS) is 17.5. The minimum Gasteiger partial charge on any atom is -0.361 e. The average Bonchev–Trinajstić information content (AvgIpc) is 2.81. The van der Waals surface area contributed by atoms with Crippen LogP contribution in [0.2, 0.25) is 0 Å². The Hall–Kier alpha value is -2.03. The smallest absolute Gasteiger partial charge is 0.251 e. The van der Waals surface area contributed by atoms with Gasteiger partial charge in [-0.15, -0.1) is 0 Å². The first kappa shape index (κ1) is 12.4. The molecule has 0 bridgehead atoms. The van der Waals surface area contributed by atoms with Crippen molar-refractivity contribution >= 4 is 18.1 Å². The summed E-state index contributed by atoms with van der Waals surface area (Å²) in [5, 5.41) is 2.91. The molecule has 3 nitrogen and oxygen atoms in total. The van der Waals surface area contributed by atoms with Crippen LogP contribution < -0.4 is 5.32 Å². The van der Waals surface area contributed by atoms with Crippen LogP contribution in [0, 0.1) is 6.92 Å². The largest absolute Gasteiger partial charge is 0.361 e. The molecule has 1 aliphatic rings. The first-order chi connectivity index (χ1) is 8.58. The van der Waals surface area contributed by atoms with Crippen molar-refractivity contribution in [3.05, 3.63) is 46.4 Å². The number of nitrogens with one attached hydrogen (secondary N) is 2. The lowest BCUT2D eigenvalue weighted by atomic mass is 10.1. The summed E-state index contributed by atoms with van der Waals surface area (Å²) >= 11 is 0. The van der Waals surface area contributed by atoms with Gasteiger partial charge in [0.15, 0.2) is 0 Å². The van der Waals surface area contributed by atoms with Crippen molar-refractivity contribution in [1.29, 1.82) is 0 Å². The number of H-pyrrole nitrogens is 1. The SMILES string of the molecule is C=Cc1c(C)c[nH]c1/C=C1\NC(=O)C(CC)=C1C. The third kappa shape index (κ3) is 1.92. The van der Waals surface area contributed by atoms with E-state index in [9.17, 15) is 4.79 Å². The molecule has 2 heterocycles. The van der Waals surface area contributed by atoms with Crippen LogP contribution in [-0.2, 0) is 4.79 Å². The first-order valence-electron chi connectivity index (χ1n) is 6.12. The molecular weight excluding hydrogens is 224 g/mol. The van der Waals surface area contributed by atoms with Gasteiger partial charge in [-0.3, -0.25) is 4.79 Å². The van der Waals surface area contributed by atoms with Crippen LogP contribution in [0.25, 0.3) is 12.2 Å². The van der Waals surface area contributed by atoms with Gasteiger partial charge >= 0.3 is 0 Å². The molecular formula is C15H18N2O. The zero-order chi connectivity index (χ0) is 13.3. The van der Waals surface area contributed by atoms with Crippen LogP contribution in [-0.4, -0.2) is 10.9 Å². The van der Waals surface area contributed by atoms with E-state index in [1.54, 1.807) is 0 Å². The van der Waals surface area contributed by atoms with Crippen molar-refractivity contribution in [2.75, 3.05) is 0 Å². The summed E-state index contributed by atoms with van der Waals surface area (Å²) < 4.78 is 0. The fraction of sp³-hybridized carbons (Fsp3) is 0.267. The van der Waals surface area contributed by atoms with Crippen LogP contribution >= 0.6 is 0 Å². The second-order valence-electron chi connectivity index (χ2n) is 4.47. The van der Waals surface area contributed by atoms with Crippen molar-refractivity contribution in [2.45, 2.75) is 27.2 Å². The molecule has 94 valence electrons. The summed E-state index contributed by atoms with van der Waals surface area (Å²) in [6.45, 7) is 9.82. The van der Waals surface area contributed by atoms with Crippen molar-refractivity contribution in [3.63, 3.8) is 0 Å². The Balaban J connectivity index is 2.44. The first-order valence-corrected chi connectivity index (χ1v) is 6.12. The van der Waals surface area contributed by atoms with Crippen molar-refractivity contribution in [1.82, 2.24) is 10.3 Å². The van der Waals surface area contributed by atoms with Gasteiger partial charge in [0.1, 0.15) is 0 Å². The molecule has 2 rings (SSSR count). The molecule has 1 aromatic rings. The Morgan fingerprint density at radius 3 is 2.67 bits per heavy atom. The van der Waals surface area contributed by atoms with Crippen LogP contribution in [0.4, 0.5) is 0 Å². The van der Waals surface area contributed by atoms with Crippen LogP contribution in [0.3, 0.4) is 0 Å². The molecule has 3 heteroatoms. The quantitative estimate of drug-likeness (QED) is 0.840. The van der Waals surface area contributed by atoms with Gasteiger partial charge in [0.05, 0.1) is 0 Å². The summed E-state index contributed by atoms with van der Waals surface area (Å²) in [4.78, 5) is 14.9. The number of hydrogen-bond donors (Lipinski definition) is 2. The summed E-state index contributed by atoms with van der Waals surface area (Å²) in [7, 11) is 0. The zero-order valence-corrected chi connectivity index (χ0v) is 11.1. The number of rotatable bonds is 3. The van der Waals surface area contributed by atoms with Crippen LogP contribution in [0.15, 0.2) is 29.6 Å². The second-order valence-corrected chi connectivity index (χ2v) is 4.47. The number of amides is 1. The molecule has 18 heavy (non-hydrogen) atoms. The third-order valence-electron chi connectivity index (χ3n) is 3.38. The summed E-state index contributed by atoms with van der Waals surface area (Å²) in [6, 6.07) is 0. The van der Waals surface area contributed by atoms with Crippen molar-refractivity contribution < 1.29 is 4.79 Å². The highest BCUT2D eigenvalue weighted by atomic mass is 16.1. The fourth-order valence-corrected chi connectivity index (χ4v) is 2.28. The molecule has 0 radical (unpaired) electrons. The van der Waals surface area contributed by atoms with Crippen molar-refractivity contribution in [3.8, 4) is 0 Å². The Labute approximate surface area is 107 Å². The van der Waals surface area contributed by atoms with E-state index in [1.165, 1.54) is 0 Å². The van der Waals surface area contributed by atoms with Gasteiger partial charge < -0.3 is 10.3 Å². The lowest BCUT2D eigenvalue weighted by Gasteiger charge is -2.01.